The summed E-state index contributed by atoms with van der Waals surface area (Å²) in [4.78, 5) is 13.6. The number of hydrogen-bond acceptors (Lipinski definition) is 3. The number of hydrogen-bond donors (Lipinski definition) is 2. The number of aliphatic hydroxyl groups excluding tert-OH is 1. The highest BCUT2D eigenvalue weighted by Crippen LogP contribution is 2.17. The van der Waals surface area contributed by atoms with E-state index in [2.05, 4.69) is 5.32 Å². The molecular formula is C14H19FN2O3. The first-order chi connectivity index (χ1) is 9.58. The zero-order valence-corrected chi connectivity index (χ0v) is 11.4. The van der Waals surface area contributed by atoms with E-state index in [-0.39, 0.29) is 11.8 Å². The van der Waals surface area contributed by atoms with E-state index in [0.717, 1.165) is 0 Å². The monoisotopic (exact) mass is 282 g/mol. The Kier molecular flexibility index (Phi) is 4.92. The van der Waals surface area contributed by atoms with E-state index < -0.39 is 12.1 Å². The molecule has 2 rings (SSSR count). The Labute approximate surface area is 117 Å². The van der Waals surface area contributed by atoms with Gasteiger partial charge in [-0.15, -0.1) is 0 Å². The van der Waals surface area contributed by atoms with Gasteiger partial charge in [-0.25, -0.2) is 9.18 Å². The van der Waals surface area contributed by atoms with Crippen LogP contribution < -0.4 is 5.32 Å². The molecule has 0 radical (unpaired) electrons. The summed E-state index contributed by atoms with van der Waals surface area (Å²) in [6.07, 6.45) is -0.874. The first kappa shape index (κ1) is 14.7. The zero-order valence-electron chi connectivity index (χ0n) is 11.4. The third-order valence-corrected chi connectivity index (χ3v) is 3.33. The molecule has 0 aromatic heterocycles. The molecule has 20 heavy (non-hydrogen) atoms. The molecule has 2 atom stereocenters. The van der Waals surface area contributed by atoms with Crippen LogP contribution in [-0.2, 0) is 4.74 Å². The minimum atomic E-state index is -0.874. The van der Waals surface area contributed by atoms with E-state index in [1.807, 2.05) is 0 Å². The third kappa shape index (κ3) is 3.68. The van der Waals surface area contributed by atoms with Crippen LogP contribution in [0.1, 0.15) is 18.6 Å². The minimum Gasteiger partial charge on any atom is -0.386 e. The maximum atomic E-state index is 12.8. The molecular weight excluding hydrogens is 263 g/mol. The molecule has 1 aliphatic heterocycles. The Balaban J connectivity index is 1.91. The number of nitrogens with one attached hydrogen (secondary N) is 1. The highest BCUT2D eigenvalue weighted by molar-refractivity contribution is 5.74. The molecule has 1 fully saturated rings. The molecule has 1 aromatic rings. The van der Waals surface area contributed by atoms with Crippen LogP contribution in [0, 0.1) is 5.82 Å². The molecule has 2 unspecified atom stereocenters. The molecule has 1 aromatic carbocycles. The number of carbonyl (C=O) groups is 1. The van der Waals surface area contributed by atoms with Gasteiger partial charge in [0.05, 0.1) is 25.4 Å². The van der Waals surface area contributed by atoms with Gasteiger partial charge in [-0.05, 0) is 24.6 Å². The van der Waals surface area contributed by atoms with Crippen LogP contribution in [0.4, 0.5) is 9.18 Å². The van der Waals surface area contributed by atoms with E-state index in [1.54, 1.807) is 11.8 Å². The number of carbonyl (C=O) groups excluding carboxylic acids is 1. The topological polar surface area (TPSA) is 61.8 Å². The SMILES string of the molecule is CC(NC(=O)N1CCOCC1)C(O)c1ccc(F)cc1. The predicted molar refractivity (Wildman–Crippen MR) is 71.7 cm³/mol. The maximum absolute atomic E-state index is 12.8. The van der Waals surface area contributed by atoms with Crippen molar-refractivity contribution in [2.45, 2.75) is 19.1 Å². The van der Waals surface area contributed by atoms with Gasteiger partial charge in [0.2, 0.25) is 0 Å². The summed E-state index contributed by atoms with van der Waals surface area (Å²) < 4.78 is 18.0. The number of halogens is 1. The van der Waals surface area contributed by atoms with Crippen molar-refractivity contribution in [3.63, 3.8) is 0 Å². The molecule has 1 aliphatic rings. The normalized spacial score (nSPS) is 18.4. The number of morpholine rings is 1. The Bertz CT molecular complexity index is 446. The van der Waals surface area contributed by atoms with Crippen molar-refractivity contribution in [2.75, 3.05) is 26.3 Å². The molecule has 5 nitrogen and oxygen atoms in total. The number of rotatable bonds is 3. The maximum Gasteiger partial charge on any atom is 0.317 e. The number of urea groups is 1. The predicted octanol–water partition coefficient (Wildman–Crippen LogP) is 1.29. The van der Waals surface area contributed by atoms with Crippen molar-refractivity contribution in [1.82, 2.24) is 10.2 Å². The largest absolute Gasteiger partial charge is 0.386 e. The average Bonchev–Trinajstić information content (AvgIpc) is 2.48. The van der Waals surface area contributed by atoms with Crippen molar-refractivity contribution >= 4 is 6.03 Å². The molecule has 0 bridgehead atoms. The van der Waals surface area contributed by atoms with Crippen LogP contribution in [0.15, 0.2) is 24.3 Å². The van der Waals surface area contributed by atoms with Gasteiger partial charge < -0.3 is 20.1 Å². The van der Waals surface area contributed by atoms with E-state index in [4.69, 9.17) is 4.74 Å². The standard InChI is InChI=1S/C14H19FN2O3/c1-10(13(18)11-2-4-12(15)5-3-11)16-14(19)17-6-8-20-9-7-17/h2-5,10,13,18H,6-9H2,1H3,(H,16,19). The molecule has 0 aliphatic carbocycles. The van der Waals surface area contributed by atoms with Crippen LogP contribution >= 0.6 is 0 Å². The minimum absolute atomic E-state index is 0.220. The molecule has 2 N–H and O–H groups in total. The number of nitrogens with zero attached hydrogens (tertiary/aromatic N) is 1. The van der Waals surface area contributed by atoms with Crippen molar-refractivity contribution in [3.05, 3.63) is 35.6 Å². The number of aliphatic hydroxyl groups is 1. The zero-order chi connectivity index (χ0) is 14.5. The quantitative estimate of drug-likeness (QED) is 0.878. The number of ether oxygens (including phenoxy) is 1. The van der Waals surface area contributed by atoms with Gasteiger partial charge in [-0.2, -0.15) is 0 Å². The first-order valence-electron chi connectivity index (χ1n) is 6.64. The van der Waals surface area contributed by atoms with Crippen molar-refractivity contribution < 1.29 is 19.0 Å². The van der Waals surface area contributed by atoms with Gasteiger partial charge in [-0.3, -0.25) is 0 Å². The lowest BCUT2D eigenvalue weighted by Gasteiger charge is -2.29. The summed E-state index contributed by atoms with van der Waals surface area (Å²) in [6, 6.07) is 4.91. The molecule has 2 amide bonds. The fraction of sp³-hybridized carbons (Fsp3) is 0.500. The van der Waals surface area contributed by atoms with Gasteiger partial charge in [0.1, 0.15) is 5.82 Å². The van der Waals surface area contributed by atoms with Gasteiger partial charge in [-0.1, -0.05) is 12.1 Å². The Morgan fingerprint density at radius 1 is 1.35 bits per heavy atom. The second kappa shape index (κ2) is 6.67. The average molecular weight is 282 g/mol. The van der Waals surface area contributed by atoms with Crippen LogP contribution in [0.5, 0.6) is 0 Å². The second-order valence-electron chi connectivity index (χ2n) is 4.83. The summed E-state index contributed by atoms with van der Waals surface area (Å²) in [5, 5.41) is 12.9. The summed E-state index contributed by atoms with van der Waals surface area (Å²) in [6.45, 7) is 3.87. The molecule has 110 valence electrons. The lowest BCUT2D eigenvalue weighted by atomic mass is 10.0. The van der Waals surface area contributed by atoms with Crippen molar-refractivity contribution in [2.24, 2.45) is 0 Å². The smallest absolute Gasteiger partial charge is 0.317 e. The Morgan fingerprint density at radius 3 is 2.55 bits per heavy atom. The molecule has 0 spiro atoms. The molecule has 0 saturated carbocycles. The van der Waals surface area contributed by atoms with Gasteiger partial charge in [0.15, 0.2) is 0 Å². The number of amides is 2. The summed E-state index contributed by atoms with van der Waals surface area (Å²) in [7, 11) is 0. The van der Waals surface area contributed by atoms with Gasteiger partial charge in [0.25, 0.3) is 0 Å². The highest BCUT2D eigenvalue weighted by atomic mass is 19.1. The number of benzene rings is 1. The van der Waals surface area contributed by atoms with E-state index in [0.29, 0.717) is 31.9 Å². The second-order valence-corrected chi connectivity index (χ2v) is 4.83. The summed E-state index contributed by atoms with van der Waals surface area (Å²) >= 11 is 0. The molecule has 1 saturated heterocycles. The van der Waals surface area contributed by atoms with Crippen molar-refractivity contribution in [1.29, 1.82) is 0 Å². The third-order valence-electron chi connectivity index (χ3n) is 3.33. The highest BCUT2D eigenvalue weighted by Gasteiger charge is 2.22. The summed E-state index contributed by atoms with van der Waals surface area (Å²) in [5.41, 5.74) is 0.571. The van der Waals surface area contributed by atoms with E-state index >= 15 is 0 Å². The fourth-order valence-electron chi connectivity index (χ4n) is 2.08. The lowest BCUT2D eigenvalue weighted by Crippen LogP contribution is -2.49. The van der Waals surface area contributed by atoms with Gasteiger partial charge in [0, 0.05) is 13.1 Å². The molecule has 1 heterocycles. The fourth-order valence-corrected chi connectivity index (χ4v) is 2.08. The lowest BCUT2D eigenvalue weighted by molar-refractivity contribution is 0.0501. The Morgan fingerprint density at radius 2 is 1.95 bits per heavy atom. The van der Waals surface area contributed by atoms with Crippen LogP contribution in [0.25, 0.3) is 0 Å². The van der Waals surface area contributed by atoms with Crippen LogP contribution in [0.2, 0.25) is 0 Å². The molecule has 6 heteroatoms. The van der Waals surface area contributed by atoms with E-state index in [1.165, 1.54) is 24.3 Å². The Hall–Kier alpha value is -1.66. The van der Waals surface area contributed by atoms with E-state index in [9.17, 15) is 14.3 Å². The van der Waals surface area contributed by atoms with Crippen molar-refractivity contribution in [3.8, 4) is 0 Å². The van der Waals surface area contributed by atoms with Crippen LogP contribution in [0.3, 0.4) is 0 Å². The first-order valence-corrected chi connectivity index (χ1v) is 6.64. The van der Waals surface area contributed by atoms with Crippen LogP contribution in [-0.4, -0.2) is 48.4 Å². The van der Waals surface area contributed by atoms with Gasteiger partial charge >= 0.3 is 6.03 Å². The summed E-state index contributed by atoms with van der Waals surface area (Å²) in [5.74, 6) is -0.356.